The Labute approximate surface area is 76.3 Å². The molecule has 0 aromatic heterocycles. The molecule has 2 nitrogen and oxygen atoms in total. The molecule has 0 amide bonds. The van der Waals surface area contributed by atoms with Crippen LogP contribution < -0.4 is 5.43 Å². The van der Waals surface area contributed by atoms with Gasteiger partial charge in [0.2, 0.25) is 0 Å². The first-order valence-electron chi connectivity index (χ1n) is 5.32. The van der Waals surface area contributed by atoms with E-state index in [-0.39, 0.29) is 0 Å². The number of nitrogens with one attached hydrogen (secondary N) is 1. The van der Waals surface area contributed by atoms with E-state index in [9.17, 15) is 0 Å². The van der Waals surface area contributed by atoms with Crippen molar-refractivity contribution in [2.45, 2.75) is 46.1 Å². The summed E-state index contributed by atoms with van der Waals surface area (Å²) in [7, 11) is 0. The minimum atomic E-state index is 0.726. The summed E-state index contributed by atoms with van der Waals surface area (Å²) in [5.41, 5.74) is 3.59. The second-order valence-electron chi connectivity index (χ2n) is 3.68. The smallest absolute Gasteiger partial charge is 0.0241 e. The Hall–Kier alpha value is -0.0800. The third kappa shape index (κ3) is 2.20. The molecule has 0 saturated carbocycles. The van der Waals surface area contributed by atoms with Gasteiger partial charge in [0.15, 0.2) is 0 Å². The average Bonchev–Trinajstić information content (AvgIpc) is 2.16. The summed E-state index contributed by atoms with van der Waals surface area (Å²) in [6, 6.07) is 0.726. The van der Waals surface area contributed by atoms with E-state index < -0.39 is 0 Å². The van der Waals surface area contributed by atoms with Gasteiger partial charge in [0.1, 0.15) is 0 Å². The fourth-order valence-corrected chi connectivity index (χ4v) is 2.09. The molecule has 0 spiro atoms. The molecule has 0 bridgehead atoms. The van der Waals surface area contributed by atoms with Crippen molar-refractivity contribution in [3.8, 4) is 0 Å². The van der Waals surface area contributed by atoms with Crippen LogP contribution in [0.4, 0.5) is 0 Å². The van der Waals surface area contributed by atoms with Crippen LogP contribution in [0.25, 0.3) is 0 Å². The quantitative estimate of drug-likeness (QED) is 0.697. The lowest BCUT2D eigenvalue weighted by Gasteiger charge is -2.38. The molecule has 1 fully saturated rings. The third-order valence-corrected chi connectivity index (χ3v) is 3.03. The van der Waals surface area contributed by atoms with Gasteiger partial charge in [0, 0.05) is 19.1 Å². The predicted molar refractivity (Wildman–Crippen MR) is 52.9 cm³/mol. The maximum absolute atomic E-state index is 3.59. The maximum Gasteiger partial charge on any atom is 0.0241 e. The van der Waals surface area contributed by atoms with E-state index in [1.165, 1.54) is 25.8 Å². The Morgan fingerprint density at radius 1 is 1.25 bits per heavy atom. The Bertz CT molecular complexity index is 125. The molecule has 0 aliphatic carbocycles. The van der Waals surface area contributed by atoms with Crippen LogP contribution in [0.15, 0.2) is 0 Å². The van der Waals surface area contributed by atoms with Gasteiger partial charge in [-0.25, -0.2) is 5.01 Å². The van der Waals surface area contributed by atoms with Gasteiger partial charge in [-0.2, -0.15) is 0 Å². The summed E-state index contributed by atoms with van der Waals surface area (Å²) in [6.45, 7) is 9.15. The van der Waals surface area contributed by atoms with Gasteiger partial charge in [-0.1, -0.05) is 27.2 Å². The van der Waals surface area contributed by atoms with Gasteiger partial charge in [-0.15, -0.1) is 0 Å². The molecule has 1 N–H and O–H groups in total. The monoisotopic (exact) mass is 170 g/mol. The summed E-state index contributed by atoms with van der Waals surface area (Å²) >= 11 is 0. The van der Waals surface area contributed by atoms with Crippen LogP contribution in [0, 0.1) is 5.92 Å². The molecular formula is C10H22N2. The average molecular weight is 170 g/mol. The summed E-state index contributed by atoms with van der Waals surface area (Å²) < 4.78 is 0. The second-order valence-corrected chi connectivity index (χ2v) is 3.68. The molecule has 0 aromatic carbocycles. The number of hydrazine groups is 1. The Morgan fingerprint density at radius 3 is 2.50 bits per heavy atom. The molecule has 1 aliphatic rings. The summed E-state index contributed by atoms with van der Waals surface area (Å²) in [5, 5.41) is 2.35. The molecule has 1 aliphatic heterocycles. The molecule has 1 saturated heterocycles. The number of nitrogens with zero attached hydrogens (tertiary/aromatic N) is 1. The fourth-order valence-electron chi connectivity index (χ4n) is 2.09. The van der Waals surface area contributed by atoms with Crippen LogP contribution >= 0.6 is 0 Å². The predicted octanol–water partition coefficient (Wildman–Crippen LogP) is 2.02. The first-order chi connectivity index (χ1) is 5.81. The van der Waals surface area contributed by atoms with Gasteiger partial charge in [-0.05, 0) is 18.8 Å². The first-order valence-corrected chi connectivity index (χ1v) is 5.32. The second kappa shape index (κ2) is 4.83. The summed E-state index contributed by atoms with van der Waals surface area (Å²) in [5.74, 6) is 0.901. The van der Waals surface area contributed by atoms with Gasteiger partial charge >= 0.3 is 0 Å². The van der Waals surface area contributed by atoms with Gasteiger partial charge in [0.05, 0.1) is 0 Å². The molecule has 72 valence electrons. The Morgan fingerprint density at radius 2 is 2.00 bits per heavy atom. The van der Waals surface area contributed by atoms with Crippen molar-refractivity contribution in [3.05, 3.63) is 0 Å². The molecule has 1 rings (SSSR count). The molecular weight excluding hydrogens is 148 g/mol. The summed E-state index contributed by atoms with van der Waals surface area (Å²) in [6.07, 6.45) is 3.95. The van der Waals surface area contributed by atoms with Gasteiger partial charge in [-0.3, -0.25) is 5.43 Å². The van der Waals surface area contributed by atoms with Crippen molar-refractivity contribution >= 4 is 0 Å². The molecule has 0 aromatic rings. The van der Waals surface area contributed by atoms with E-state index in [0.717, 1.165) is 18.5 Å². The van der Waals surface area contributed by atoms with Gasteiger partial charge in [0.25, 0.3) is 0 Å². The van der Waals surface area contributed by atoms with E-state index in [2.05, 4.69) is 31.2 Å². The lowest BCUT2D eigenvalue weighted by atomic mass is 9.90. The highest BCUT2D eigenvalue weighted by Crippen LogP contribution is 2.20. The minimum Gasteiger partial charge on any atom is -0.252 e. The van der Waals surface area contributed by atoms with Crippen LogP contribution in [0.1, 0.15) is 40.0 Å². The highest BCUT2D eigenvalue weighted by atomic mass is 15.5. The molecule has 2 atom stereocenters. The first kappa shape index (κ1) is 10.0. The number of rotatable bonds is 3. The molecule has 1 heterocycles. The minimum absolute atomic E-state index is 0.726. The van der Waals surface area contributed by atoms with Crippen LogP contribution in [0.5, 0.6) is 0 Å². The third-order valence-electron chi connectivity index (χ3n) is 3.03. The standard InChI is InChI=1S/C10H22N2/c1-4-9-7-8-12(6-3)11-10(9)5-2/h9-11H,4-8H2,1-3H3/t9-,10-/m1/s1. The summed E-state index contributed by atoms with van der Waals surface area (Å²) in [4.78, 5) is 0. The van der Waals surface area contributed by atoms with Crippen molar-refractivity contribution in [2.75, 3.05) is 13.1 Å². The van der Waals surface area contributed by atoms with Crippen molar-refractivity contribution < 1.29 is 0 Å². The van der Waals surface area contributed by atoms with Crippen LogP contribution in [-0.2, 0) is 0 Å². The Balaban J connectivity index is 2.41. The maximum atomic E-state index is 3.59. The van der Waals surface area contributed by atoms with E-state index in [4.69, 9.17) is 0 Å². The molecule has 0 radical (unpaired) electrons. The normalized spacial score (nSPS) is 32.2. The fraction of sp³-hybridized carbons (Fsp3) is 1.00. The topological polar surface area (TPSA) is 15.3 Å². The van der Waals surface area contributed by atoms with E-state index in [1.807, 2.05) is 0 Å². The van der Waals surface area contributed by atoms with E-state index in [0.29, 0.717) is 0 Å². The van der Waals surface area contributed by atoms with E-state index >= 15 is 0 Å². The van der Waals surface area contributed by atoms with Crippen molar-refractivity contribution in [2.24, 2.45) is 5.92 Å². The van der Waals surface area contributed by atoms with Gasteiger partial charge < -0.3 is 0 Å². The van der Waals surface area contributed by atoms with Crippen LogP contribution in [0.2, 0.25) is 0 Å². The lowest BCUT2D eigenvalue weighted by molar-refractivity contribution is 0.0742. The lowest BCUT2D eigenvalue weighted by Crippen LogP contribution is -2.53. The molecule has 12 heavy (non-hydrogen) atoms. The zero-order valence-electron chi connectivity index (χ0n) is 8.64. The van der Waals surface area contributed by atoms with Crippen LogP contribution in [-0.4, -0.2) is 24.1 Å². The van der Waals surface area contributed by atoms with Crippen molar-refractivity contribution in [1.82, 2.24) is 10.4 Å². The molecule has 2 heteroatoms. The zero-order valence-corrected chi connectivity index (χ0v) is 8.64. The highest BCUT2D eigenvalue weighted by molar-refractivity contribution is 4.78. The SMILES string of the molecule is CC[C@@H]1CCN(CC)N[C@@H]1CC. The van der Waals surface area contributed by atoms with Crippen molar-refractivity contribution in [1.29, 1.82) is 0 Å². The number of hydrogen-bond acceptors (Lipinski definition) is 2. The zero-order chi connectivity index (χ0) is 8.97. The highest BCUT2D eigenvalue weighted by Gasteiger charge is 2.24. The number of hydrogen-bond donors (Lipinski definition) is 1. The van der Waals surface area contributed by atoms with Crippen molar-refractivity contribution in [3.63, 3.8) is 0 Å². The molecule has 0 unspecified atom stereocenters. The van der Waals surface area contributed by atoms with E-state index in [1.54, 1.807) is 0 Å². The van der Waals surface area contributed by atoms with Crippen LogP contribution in [0.3, 0.4) is 0 Å². The Kier molecular flexibility index (Phi) is 4.02. The largest absolute Gasteiger partial charge is 0.252 e.